The van der Waals surface area contributed by atoms with Gasteiger partial charge >= 0.3 is 6.18 Å². The number of alkyl halides is 3. The van der Waals surface area contributed by atoms with Gasteiger partial charge in [-0.2, -0.15) is 13.2 Å². The summed E-state index contributed by atoms with van der Waals surface area (Å²) in [4.78, 5) is 19.9. The number of hydrogen-bond acceptors (Lipinski definition) is 5. The summed E-state index contributed by atoms with van der Waals surface area (Å²) in [5.41, 5.74) is -1.54. The Morgan fingerprint density at radius 1 is 1.18 bits per heavy atom. The number of carbonyl (C=O) groups is 1. The van der Waals surface area contributed by atoms with Crippen LogP contribution < -0.4 is 0 Å². The molecule has 1 saturated carbocycles. The van der Waals surface area contributed by atoms with E-state index in [0.717, 1.165) is 25.7 Å². The summed E-state index contributed by atoms with van der Waals surface area (Å²) in [6.07, 6.45) is -2.80. The van der Waals surface area contributed by atoms with Crippen LogP contribution in [0.25, 0.3) is 0 Å². The number of pyridine rings is 1. The number of aliphatic hydroxyl groups excluding tert-OH is 1. The van der Waals surface area contributed by atoms with Crippen molar-refractivity contribution in [3.63, 3.8) is 0 Å². The van der Waals surface area contributed by atoms with Crippen molar-refractivity contribution in [2.45, 2.75) is 31.2 Å². The highest BCUT2D eigenvalue weighted by molar-refractivity contribution is 5.95. The number of hydrogen-bond donors (Lipinski definition) is 1. The van der Waals surface area contributed by atoms with Gasteiger partial charge in [0.05, 0.1) is 24.9 Å². The Hall–Kier alpha value is -1.71. The number of fused-ring (bicyclic) bond motifs is 1. The maximum absolute atomic E-state index is 13.2. The molecule has 4 atom stereocenters. The summed E-state index contributed by atoms with van der Waals surface area (Å²) in [5.74, 6) is -0.333. The lowest BCUT2D eigenvalue weighted by molar-refractivity contribution is -0.141. The maximum Gasteiger partial charge on any atom is 0.434 e. The van der Waals surface area contributed by atoms with Gasteiger partial charge in [-0.1, -0.05) is 0 Å². The van der Waals surface area contributed by atoms with E-state index in [1.807, 2.05) is 0 Å². The average molecular weight is 399 g/mol. The number of likely N-dealkylation sites (tertiary alicyclic amines) is 1. The van der Waals surface area contributed by atoms with Crippen LogP contribution in [0.15, 0.2) is 18.3 Å². The molecule has 4 rings (SSSR count). The van der Waals surface area contributed by atoms with Crippen molar-refractivity contribution in [2.24, 2.45) is 11.8 Å². The third-order valence-corrected chi connectivity index (χ3v) is 6.22. The summed E-state index contributed by atoms with van der Waals surface area (Å²) < 4.78 is 45.0. The fourth-order valence-electron chi connectivity index (χ4n) is 4.85. The summed E-state index contributed by atoms with van der Waals surface area (Å²) in [6.45, 7) is 3.62. The molecule has 2 saturated heterocycles. The van der Waals surface area contributed by atoms with E-state index >= 15 is 0 Å². The van der Waals surface area contributed by atoms with E-state index < -0.39 is 29.4 Å². The Morgan fingerprint density at radius 2 is 1.86 bits per heavy atom. The van der Waals surface area contributed by atoms with E-state index in [0.29, 0.717) is 32.7 Å². The quantitative estimate of drug-likeness (QED) is 0.819. The first kappa shape index (κ1) is 19.6. The summed E-state index contributed by atoms with van der Waals surface area (Å²) in [7, 11) is 0. The Bertz CT molecular complexity index is 724. The van der Waals surface area contributed by atoms with Crippen LogP contribution in [0.2, 0.25) is 0 Å². The molecule has 1 aliphatic carbocycles. The molecule has 1 N–H and O–H groups in total. The zero-order valence-electron chi connectivity index (χ0n) is 15.4. The lowest BCUT2D eigenvalue weighted by Crippen LogP contribution is -2.53. The zero-order chi connectivity index (χ0) is 19.9. The van der Waals surface area contributed by atoms with E-state index in [9.17, 15) is 23.1 Å². The molecular formula is C19H24F3N3O3. The third-order valence-electron chi connectivity index (χ3n) is 6.22. The monoisotopic (exact) mass is 399 g/mol. The minimum atomic E-state index is -4.67. The van der Waals surface area contributed by atoms with Crippen LogP contribution in [0, 0.1) is 11.8 Å². The average Bonchev–Trinajstić information content (AvgIpc) is 3.09. The van der Waals surface area contributed by atoms with E-state index in [2.05, 4.69) is 9.88 Å². The highest BCUT2D eigenvalue weighted by Gasteiger charge is 2.46. The van der Waals surface area contributed by atoms with Crippen LogP contribution >= 0.6 is 0 Å². The molecule has 0 spiro atoms. The van der Waals surface area contributed by atoms with Crippen LogP contribution in [0.4, 0.5) is 13.2 Å². The van der Waals surface area contributed by atoms with Gasteiger partial charge in [-0.3, -0.25) is 14.7 Å². The predicted octanol–water partition coefficient (Wildman–Crippen LogP) is 1.64. The third kappa shape index (κ3) is 3.75. The Labute approximate surface area is 161 Å². The highest BCUT2D eigenvalue weighted by Crippen LogP contribution is 2.39. The van der Waals surface area contributed by atoms with Gasteiger partial charge in [-0.15, -0.1) is 0 Å². The van der Waals surface area contributed by atoms with Gasteiger partial charge in [0, 0.05) is 38.4 Å². The smallest absolute Gasteiger partial charge is 0.391 e. The van der Waals surface area contributed by atoms with Crippen molar-refractivity contribution in [3.05, 3.63) is 29.6 Å². The highest BCUT2D eigenvalue weighted by atomic mass is 19.4. The molecule has 1 aromatic heterocycles. The Balaban J connectivity index is 1.48. The molecule has 2 aliphatic heterocycles. The fourth-order valence-corrected chi connectivity index (χ4v) is 4.85. The second kappa shape index (κ2) is 7.61. The van der Waals surface area contributed by atoms with Gasteiger partial charge < -0.3 is 14.7 Å². The van der Waals surface area contributed by atoms with Gasteiger partial charge in [-0.25, -0.2) is 0 Å². The molecule has 0 aromatic carbocycles. The molecule has 154 valence electrons. The molecule has 0 radical (unpaired) electrons. The number of amides is 1. The number of ether oxygens (including phenoxy) is 1. The molecule has 3 heterocycles. The number of morpholine rings is 1. The van der Waals surface area contributed by atoms with E-state index in [4.69, 9.17) is 4.74 Å². The zero-order valence-corrected chi connectivity index (χ0v) is 15.4. The minimum absolute atomic E-state index is 0.0179. The van der Waals surface area contributed by atoms with Crippen molar-refractivity contribution in [1.82, 2.24) is 14.8 Å². The maximum atomic E-state index is 13.2. The molecule has 6 nitrogen and oxygen atoms in total. The van der Waals surface area contributed by atoms with Crippen molar-refractivity contribution < 1.29 is 27.8 Å². The van der Waals surface area contributed by atoms with Crippen LogP contribution in [-0.2, 0) is 10.9 Å². The standard InChI is InChI=1S/C19H24F3N3O3/c20-19(21,22)17-14(2-1-3-23-17)18(27)25-10-12-8-15(16(26)9-13(12)11-25)24-4-6-28-7-5-24/h1-3,12-13,15-16,26H,4-11H2/t12-,13+,15-,16-/m1/s1. The number of halogens is 3. The number of rotatable bonds is 2. The predicted molar refractivity (Wildman–Crippen MR) is 93.5 cm³/mol. The molecule has 9 heteroatoms. The van der Waals surface area contributed by atoms with Gasteiger partial charge in [0.2, 0.25) is 0 Å². The lowest BCUT2D eigenvalue weighted by atomic mass is 9.77. The van der Waals surface area contributed by atoms with E-state index in [1.165, 1.54) is 17.0 Å². The molecule has 28 heavy (non-hydrogen) atoms. The van der Waals surface area contributed by atoms with Crippen LogP contribution in [0.5, 0.6) is 0 Å². The minimum Gasteiger partial charge on any atom is -0.391 e. The first-order chi connectivity index (χ1) is 13.3. The van der Waals surface area contributed by atoms with Gasteiger partial charge in [0.1, 0.15) is 0 Å². The molecule has 1 aromatic rings. The largest absolute Gasteiger partial charge is 0.434 e. The van der Waals surface area contributed by atoms with Crippen molar-refractivity contribution in [1.29, 1.82) is 0 Å². The molecule has 1 amide bonds. The van der Waals surface area contributed by atoms with Crippen LogP contribution in [0.1, 0.15) is 28.9 Å². The Kier molecular flexibility index (Phi) is 5.32. The number of nitrogens with zero attached hydrogens (tertiary/aromatic N) is 3. The normalized spacial score (nSPS) is 31.6. The Morgan fingerprint density at radius 3 is 2.54 bits per heavy atom. The van der Waals surface area contributed by atoms with Crippen LogP contribution in [0.3, 0.4) is 0 Å². The number of aromatic nitrogens is 1. The van der Waals surface area contributed by atoms with Crippen molar-refractivity contribution in [3.8, 4) is 0 Å². The van der Waals surface area contributed by atoms with Gasteiger partial charge in [-0.05, 0) is 36.8 Å². The summed E-state index contributed by atoms with van der Waals surface area (Å²) in [5, 5.41) is 10.6. The molecule has 0 unspecified atom stereocenters. The molecule has 3 aliphatic rings. The molecular weight excluding hydrogens is 375 g/mol. The second-order valence-corrected chi connectivity index (χ2v) is 7.88. The molecule has 0 bridgehead atoms. The van der Waals surface area contributed by atoms with Crippen molar-refractivity contribution in [2.75, 3.05) is 39.4 Å². The first-order valence-corrected chi connectivity index (χ1v) is 9.66. The number of carbonyl (C=O) groups excluding carboxylic acids is 1. The summed E-state index contributed by atoms with van der Waals surface area (Å²) >= 11 is 0. The first-order valence-electron chi connectivity index (χ1n) is 9.66. The topological polar surface area (TPSA) is 65.9 Å². The van der Waals surface area contributed by atoms with Gasteiger partial charge in [0.25, 0.3) is 5.91 Å². The van der Waals surface area contributed by atoms with Gasteiger partial charge in [0.15, 0.2) is 5.69 Å². The summed E-state index contributed by atoms with van der Waals surface area (Å²) in [6, 6.07) is 2.55. The lowest BCUT2D eigenvalue weighted by Gasteiger charge is -2.43. The fraction of sp³-hybridized carbons (Fsp3) is 0.684. The molecule has 3 fully saturated rings. The van der Waals surface area contributed by atoms with Crippen molar-refractivity contribution >= 4 is 5.91 Å². The van der Waals surface area contributed by atoms with E-state index in [-0.39, 0.29) is 17.9 Å². The van der Waals surface area contributed by atoms with E-state index in [1.54, 1.807) is 0 Å². The second-order valence-electron chi connectivity index (χ2n) is 7.88. The number of aliphatic hydroxyl groups is 1. The SMILES string of the molecule is O=C(c1cccnc1C(F)(F)F)N1C[C@H]2C[C@@H](N3CCOCC3)[C@H](O)C[C@H]2C1. The van der Waals surface area contributed by atoms with Crippen LogP contribution in [-0.4, -0.2) is 77.3 Å².